The first-order chi connectivity index (χ1) is 8.76. The van der Waals surface area contributed by atoms with Gasteiger partial charge in [-0.3, -0.25) is 4.98 Å². The first kappa shape index (κ1) is 15.1. The average Bonchev–Trinajstić information content (AvgIpc) is 2.42. The molecule has 0 radical (unpaired) electrons. The molecule has 18 heavy (non-hydrogen) atoms. The fourth-order valence-electron chi connectivity index (χ4n) is 1.98. The summed E-state index contributed by atoms with van der Waals surface area (Å²) >= 11 is 0. The monoisotopic (exact) mass is 250 g/mol. The van der Waals surface area contributed by atoms with E-state index in [0.29, 0.717) is 12.1 Å². The van der Waals surface area contributed by atoms with Crippen molar-refractivity contribution < 1.29 is 4.74 Å². The SMILES string of the molecule is CCCNC(CCC(C)OC)Cc1ccncc1. The van der Waals surface area contributed by atoms with Crippen LogP contribution in [0.1, 0.15) is 38.7 Å². The molecule has 102 valence electrons. The zero-order valence-corrected chi connectivity index (χ0v) is 11.9. The molecule has 0 bridgehead atoms. The van der Waals surface area contributed by atoms with E-state index in [0.717, 1.165) is 25.8 Å². The van der Waals surface area contributed by atoms with Crippen LogP contribution in [0.15, 0.2) is 24.5 Å². The molecule has 0 saturated carbocycles. The molecule has 1 heterocycles. The van der Waals surface area contributed by atoms with E-state index in [1.54, 1.807) is 7.11 Å². The minimum Gasteiger partial charge on any atom is -0.382 e. The topological polar surface area (TPSA) is 34.1 Å². The standard InChI is InChI=1S/C15H26N2O/c1-4-9-17-15(6-5-13(2)18-3)12-14-7-10-16-11-8-14/h7-8,10-11,13,15,17H,4-6,9,12H2,1-3H3. The van der Waals surface area contributed by atoms with Gasteiger partial charge in [0.1, 0.15) is 0 Å². The van der Waals surface area contributed by atoms with E-state index in [2.05, 4.69) is 36.3 Å². The van der Waals surface area contributed by atoms with Gasteiger partial charge in [-0.05, 0) is 56.8 Å². The molecule has 0 aliphatic carbocycles. The Labute approximate surface area is 111 Å². The third-order valence-electron chi connectivity index (χ3n) is 3.24. The van der Waals surface area contributed by atoms with Gasteiger partial charge in [-0.1, -0.05) is 6.92 Å². The van der Waals surface area contributed by atoms with Crippen molar-refractivity contribution in [2.75, 3.05) is 13.7 Å². The molecule has 1 aromatic heterocycles. The Hall–Kier alpha value is -0.930. The lowest BCUT2D eigenvalue weighted by molar-refractivity contribution is 0.106. The molecule has 0 aliphatic rings. The van der Waals surface area contributed by atoms with Crippen molar-refractivity contribution in [2.24, 2.45) is 0 Å². The van der Waals surface area contributed by atoms with Crippen LogP contribution in [0.3, 0.4) is 0 Å². The number of methoxy groups -OCH3 is 1. The van der Waals surface area contributed by atoms with Gasteiger partial charge in [0, 0.05) is 25.5 Å². The summed E-state index contributed by atoms with van der Waals surface area (Å²) in [4.78, 5) is 4.06. The summed E-state index contributed by atoms with van der Waals surface area (Å²) in [7, 11) is 1.78. The Morgan fingerprint density at radius 3 is 2.61 bits per heavy atom. The maximum absolute atomic E-state index is 5.32. The number of hydrogen-bond acceptors (Lipinski definition) is 3. The molecule has 1 aromatic rings. The lowest BCUT2D eigenvalue weighted by atomic mass is 10.0. The van der Waals surface area contributed by atoms with Crippen molar-refractivity contribution in [1.82, 2.24) is 10.3 Å². The molecule has 0 amide bonds. The molecule has 2 unspecified atom stereocenters. The maximum Gasteiger partial charge on any atom is 0.0543 e. The van der Waals surface area contributed by atoms with E-state index in [9.17, 15) is 0 Å². The third-order valence-corrected chi connectivity index (χ3v) is 3.24. The normalized spacial score (nSPS) is 14.4. The van der Waals surface area contributed by atoms with E-state index < -0.39 is 0 Å². The summed E-state index contributed by atoms with van der Waals surface area (Å²) in [6.07, 6.45) is 8.56. The zero-order chi connectivity index (χ0) is 13.2. The summed E-state index contributed by atoms with van der Waals surface area (Å²) in [5, 5.41) is 3.62. The summed E-state index contributed by atoms with van der Waals surface area (Å²) in [5.74, 6) is 0. The minimum absolute atomic E-state index is 0.341. The number of nitrogens with zero attached hydrogens (tertiary/aromatic N) is 1. The molecule has 0 saturated heterocycles. The fraction of sp³-hybridized carbons (Fsp3) is 0.667. The predicted octanol–water partition coefficient (Wildman–Crippen LogP) is 2.81. The molecule has 3 heteroatoms. The van der Waals surface area contributed by atoms with Gasteiger partial charge in [-0.15, -0.1) is 0 Å². The van der Waals surface area contributed by atoms with E-state index in [4.69, 9.17) is 4.74 Å². The number of rotatable bonds is 9. The van der Waals surface area contributed by atoms with Crippen LogP contribution in [0.5, 0.6) is 0 Å². The van der Waals surface area contributed by atoms with Crippen LogP contribution < -0.4 is 5.32 Å². The highest BCUT2D eigenvalue weighted by molar-refractivity contribution is 5.11. The van der Waals surface area contributed by atoms with Gasteiger partial charge < -0.3 is 10.1 Å². The maximum atomic E-state index is 5.32. The smallest absolute Gasteiger partial charge is 0.0543 e. The lowest BCUT2D eigenvalue weighted by Crippen LogP contribution is -2.32. The van der Waals surface area contributed by atoms with Crippen LogP contribution in [0.2, 0.25) is 0 Å². The fourth-order valence-corrected chi connectivity index (χ4v) is 1.98. The van der Waals surface area contributed by atoms with Crippen LogP contribution in [-0.2, 0) is 11.2 Å². The van der Waals surface area contributed by atoms with Crippen molar-refractivity contribution in [3.63, 3.8) is 0 Å². The summed E-state index contributed by atoms with van der Waals surface area (Å²) < 4.78 is 5.32. The number of hydrogen-bond donors (Lipinski definition) is 1. The number of pyridine rings is 1. The van der Waals surface area contributed by atoms with Crippen molar-refractivity contribution >= 4 is 0 Å². The van der Waals surface area contributed by atoms with Gasteiger partial charge in [0.2, 0.25) is 0 Å². The molecular weight excluding hydrogens is 224 g/mol. The highest BCUT2D eigenvalue weighted by Crippen LogP contribution is 2.10. The molecule has 1 N–H and O–H groups in total. The Balaban J connectivity index is 2.44. The molecular formula is C15H26N2O. The minimum atomic E-state index is 0.341. The van der Waals surface area contributed by atoms with Gasteiger partial charge >= 0.3 is 0 Å². The quantitative estimate of drug-likeness (QED) is 0.732. The highest BCUT2D eigenvalue weighted by atomic mass is 16.5. The number of nitrogens with one attached hydrogen (secondary N) is 1. The molecule has 0 spiro atoms. The van der Waals surface area contributed by atoms with Crippen LogP contribution in [0.4, 0.5) is 0 Å². The van der Waals surface area contributed by atoms with Crippen molar-refractivity contribution in [3.05, 3.63) is 30.1 Å². The molecule has 0 fully saturated rings. The van der Waals surface area contributed by atoms with Gasteiger partial charge in [0.05, 0.1) is 6.10 Å². The first-order valence-electron chi connectivity index (χ1n) is 6.91. The molecule has 0 aliphatic heterocycles. The first-order valence-corrected chi connectivity index (χ1v) is 6.91. The Morgan fingerprint density at radius 2 is 2.00 bits per heavy atom. The zero-order valence-electron chi connectivity index (χ0n) is 11.9. The highest BCUT2D eigenvalue weighted by Gasteiger charge is 2.10. The summed E-state index contributed by atoms with van der Waals surface area (Å²) in [6.45, 7) is 5.41. The third kappa shape index (κ3) is 6.12. The Morgan fingerprint density at radius 1 is 1.28 bits per heavy atom. The Kier molecular flexibility index (Phi) is 7.62. The van der Waals surface area contributed by atoms with Gasteiger partial charge in [0.15, 0.2) is 0 Å². The van der Waals surface area contributed by atoms with Crippen molar-refractivity contribution in [1.29, 1.82) is 0 Å². The summed E-state index contributed by atoms with van der Waals surface area (Å²) in [6, 6.07) is 4.73. The second-order valence-electron chi connectivity index (χ2n) is 4.83. The van der Waals surface area contributed by atoms with E-state index >= 15 is 0 Å². The van der Waals surface area contributed by atoms with E-state index in [-0.39, 0.29) is 0 Å². The van der Waals surface area contributed by atoms with Gasteiger partial charge in [0.25, 0.3) is 0 Å². The molecule has 0 aromatic carbocycles. The Bertz CT molecular complexity index is 303. The van der Waals surface area contributed by atoms with Gasteiger partial charge in [-0.2, -0.15) is 0 Å². The lowest BCUT2D eigenvalue weighted by Gasteiger charge is -2.20. The van der Waals surface area contributed by atoms with Crippen LogP contribution in [0, 0.1) is 0 Å². The molecule has 1 rings (SSSR count). The molecule has 2 atom stereocenters. The van der Waals surface area contributed by atoms with Crippen molar-refractivity contribution in [2.45, 2.75) is 51.7 Å². The van der Waals surface area contributed by atoms with E-state index in [1.807, 2.05) is 12.4 Å². The largest absolute Gasteiger partial charge is 0.382 e. The molecule has 3 nitrogen and oxygen atoms in total. The van der Waals surface area contributed by atoms with Crippen LogP contribution in [-0.4, -0.2) is 30.8 Å². The van der Waals surface area contributed by atoms with Gasteiger partial charge in [-0.25, -0.2) is 0 Å². The van der Waals surface area contributed by atoms with Crippen molar-refractivity contribution in [3.8, 4) is 0 Å². The van der Waals surface area contributed by atoms with Crippen LogP contribution >= 0.6 is 0 Å². The number of ether oxygens (including phenoxy) is 1. The predicted molar refractivity (Wildman–Crippen MR) is 75.7 cm³/mol. The number of aromatic nitrogens is 1. The second-order valence-corrected chi connectivity index (χ2v) is 4.83. The summed E-state index contributed by atoms with van der Waals surface area (Å²) in [5.41, 5.74) is 1.35. The van der Waals surface area contributed by atoms with E-state index in [1.165, 1.54) is 12.0 Å². The second kappa shape index (κ2) is 9.06. The average molecular weight is 250 g/mol. The van der Waals surface area contributed by atoms with Crippen LogP contribution in [0.25, 0.3) is 0 Å².